The van der Waals surface area contributed by atoms with Crippen molar-refractivity contribution in [2.75, 3.05) is 27.2 Å². The number of rotatable bonds is 5. The highest BCUT2D eigenvalue weighted by Gasteiger charge is 2.22. The number of halogens is 1. The van der Waals surface area contributed by atoms with Gasteiger partial charge in [0.1, 0.15) is 5.69 Å². The number of nitrogens with one attached hydrogen (secondary N) is 2. The Hall–Kier alpha value is -1.04. The van der Waals surface area contributed by atoms with Crippen molar-refractivity contribution in [1.29, 1.82) is 0 Å². The van der Waals surface area contributed by atoms with Gasteiger partial charge in [-0.2, -0.15) is 0 Å². The first-order valence-corrected chi connectivity index (χ1v) is 5.67. The summed E-state index contributed by atoms with van der Waals surface area (Å²) in [5.74, 6) is -0.282. The van der Waals surface area contributed by atoms with Crippen LogP contribution >= 0.6 is 11.6 Å². The molecule has 0 fully saturated rings. The van der Waals surface area contributed by atoms with E-state index >= 15 is 0 Å². The highest BCUT2D eigenvalue weighted by Crippen LogP contribution is 2.09. The summed E-state index contributed by atoms with van der Waals surface area (Å²) in [7, 11) is 3.72. The van der Waals surface area contributed by atoms with Crippen molar-refractivity contribution in [3.05, 3.63) is 23.0 Å². The van der Waals surface area contributed by atoms with Crippen LogP contribution in [0.2, 0.25) is 5.02 Å². The number of aromatic nitrogens is 1. The maximum Gasteiger partial charge on any atom is 0.267 e. The van der Waals surface area contributed by atoms with Gasteiger partial charge in [0.05, 0.1) is 10.6 Å². The molecule has 1 rings (SSSR count). The SMILES string of the molecule is CN(C)CC(C)(O)CNC(=O)c1cc(Cl)c[nH]1. The lowest BCUT2D eigenvalue weighted by atomic mass is 10.1. The summed E-state index contributed by atoms with van der Waals surface area (Å²) in [4.78, 5) is 16.3. The Kier molecular flexibility index (Phi) is 4.56. The molecule has 1 heterocycles. The fourth-order valence-corrected chi connectivity index (χ4v) is 1.77. The van der Waals surface area contributed by atoms with E-state index in [1.165, 1.54) is 12.3 Å². The van der Waals surface area contributed by atoms with Gasteiger partial charge in [0.15, 0.2) is 0 Å². The Morgan fingerprint density at radius 1 is 1.65 bits per heavy atom. The van der Waals surface area contributed by atoms with Crippen LogP contribution in [0.1, 0.15) is 17.4 Å². The second-order valence-corrected chi connectivity index (χ2v) is 5.09. The van der Waals surface area contributed by atoms with Crippen molar-refractivity contribution in [3.63, 3.8) is 0 Å². The number of H-pyrrole nitrogens is 1. The highest BCUT2D eigenvalue weighted by molar-refractivity contribution is 6.30. The summed E-state index contributed by atoms with van der Waals surface area (Å²) in [5.41, 5.74) is -0.578. The lowest BCUT2D eigenvalue weighted by Gasteiger charge is -2.26. The number of nitrogens with zero attached hydrogens (tertiary/aromatic N) is 1. The van der Waals surface area contributed by atoms with Gasteiger partial charge in [0, 0.05) is 19.3 Å². The smallest absolute Gasteiger partial charge is 0.267 e. The van der Waals surface area contributed by atoms with Crippen LogP contribution in [0.15, 0.2) is 12.3 Å². The number of hydrogen-bond donors (Lipinski definition) is 3. The van der Waals surface area contributed by atoms with Crippen molar-refractivity contribution in [2.45, 2.75) is 12.5 Å². The second kappa shape index (κ2) is 5.53. The molecule has 96 valence electrons. The third-order valence-electron chi connectivity index (χ3n) is 2.18. The maximum absolute atomic E-state index is 11.7. The number of aliphatic hydroxyl groups is 1. The molecule has 0 spiro atoms. The standard InChI is InChI=1S/C11H18ClN3O2/c1-11(17,7-15(2)3)6-14-10(16)9-4-8(12)5-13-9/h4-5,13,17H,6-7H2,1-3H3,(H,14,16). The highest BCUT2D eigenvalue weighted by atomic mass is 35.5. The average Bonchev–Trinajstić information content (AvgIpc) is 2.59. The van der Waals surface area contributed by atoms with Gasteiger partial charge in [-0.25, -0.2) is 0 Å². The van der Waals surface area contributed by atoms with Crippen LogP contribution in [0.25, 0.3) is 0 Å². The summed E-state index contributed by atoms with van der Waals surface area (Å²) < 4.78 is 0. The molecule has 0 saturated carbocycles. The molecule has 1 amide bonds. The fourth-order valence-electron chi connectivity index (χ4n) is 1.60. The molecule has 1 aromatic rings. The summed E-state index contributed by atoms with van der Waals surface area (Å²) in [6.45, 7) is 2.33. The minimum Gasteiger partial charge on any atom is -0.387 e. The Balaban J connectivity index is 2.48. The zero-order chi connectivity index (χ0) is 13.1. The number of hydrogen-bond acceptors (Lipinski definition) is 3. The van der Waals surface area contributed by atoms with Gasteiger partial charge in [-0.3, -0.25) is 4.79 Å². The first-order chi connectivity index (χ1) is 7.80. The molecule has 0 saturated heterocycles. The molecular formula is C11H18ClN3O2. The van der Waals surface area contributed by atoms with E-state index in [2.05, 4.69) is 10.3 Å². The Labute approximate surface area is 106 Å². The molecule has 0 aliphatic rings. The molecule has 1 atom stereocenters. The Morgan fingerprint density at radius 2 is 2.29 bits per heavy atom. The molecule has 0 aliphatic carbocycles. The van der Waals surface area contributed by atoms with Gasteiger partial charge in [0.25, 0.3) is 5.91 Å². The van der Waals surface area contributed by atoms with Crippen LogP contribution < -0.4 is 5.32 Å². The van der Waals surface area contributed by atoms with Crippen LogP contribution in [-0.2, 0) is 0 Å². The molecule has 1 unspecified atom stereocenters. The molecule has 6 heteroatoms. The van der Waals surface area contributed by atoms with Crippen LogP contribution in [-0.4, -0.2) is 53.7 Å². The van der Waals surface area contributed by atoms with E-state index in [1.54, 1.807) is 6.92 Å². The number of amides is 1. The third-order valence-corrected chi connectivity index (χ3v) is 2.40. The van der Waals surface area contributed by atoms with Crippen molar-refractivity contribution in [2.24, 2.45) is 0 Å². The minimum atomic E-state index is -0.963. The molecule has 0 aliphatic heterocycles. The molecular weight excluding hydrogens is 242 g/mol. The van der Waals surface area contributed by atoms with Crippen molar-refractivity contribution < 1.29 is 9.90 Å². The van der Waals surface area contributed by atoms with Gasteiger partial charge < -0.3 is 20.3 Å². The molecule has 3 N–H and O–H groups in total. The van der Waals surface area contributed by atoms with E-state index in [1.807, 2.05) is 19.0 Å². The first-order valence-electron chi connectivity index (χ1n) is 5.29. The summed E-state index contributed by atoms with van der Waals surface area (Å²) in [6, 6.07) is 1.54. The predicted octanol–water partition coefficient (Wildman–Crippen LogP) is 0.710. The van der Waals surface area contributed by atoms with Crippen LogP contribution in [0.5, 0.6) is 0 Å². The van der Waals surface area contributed by atoms with Crippen molar-refractivity contribution >= 4 is 17.5 Å². The lowest BCUT2D eigenvalue weighted by molar-refractivity contribution is 0.0325. The Bertz CT molecular complexity index is 388. The monoisotopic (exact) mass is 259 g/mol. The molecule has 0 bridgehead atoms. The number of aromatic amines is 1. The fraction of sp³-hybridized carbons (Fsp3) is 0.545. The van der Waals surface area contributed by atoms with E-state index in [4.69, 9.17) is 11.6 Å². The van der Waals surface area contributed by atoms with Gasteiger partial charge >= 0.3 is 0 Å². The second-order valence-electron chi connectivity index (χ2n) is 4.65. The van der Waals surface area contributed by atoms with E-state index in [0.717, 1.165) is 0 Å². The number of likely N-dealkylation sites (N-methyl/N-ethyl adjacent to an activating group) is 1. The zero-order valence-electron chi connectivity index (χ0n) is 10.2. The van der Waals surface area contributed by atoms with Crippen molar-refractivity contribution in [1.82, 2.24) is 15.2 Å². The number of carbonyl (C=O) groups excluding carboxylic acids is 1. The van der Waals surface area contributed by atoms with E-state index in [-0.39, 0.29) is 12.5 Å². The minimum absolute atomic E-state index is 0.181. The van der Waals surface area contributed by atoms with E-state index < -0.39 is 5.60 Å². The van der Waals surface area contributed by atoms with Gasteiger partial charge in [-0.05, 0) is 27.1 Å². The van der Waals surface area contributed by atoms with Crippen molar-refractivity contribution in [3.8, 4) is 0 Å². The van der Waals surface area contributed by atoms with Gasteiger partial charge in [-0.1, -0.05) is 11.6 Å². The largest absolute Gasteiger partial charge is 0.387 e. The maximum atomic E-state index is 11.7. The summed E-state index contributed by atoms with van der Waals surface area (Å²) in [5, 5.41) is 13.1. The summed E-state index contributed by atoms with van der Waals surface area (Å²) in [6.07, 6.45) is 1.54. The summed E-state index contributed by atoms with van der Waals surface area (Å²) >= 11 is 5.70. The molecule has 0 radical (unpaired) electrons. The molecule has 1 aromatic heterocycles. The Morgan fingerprint density at radius 3 is 2.76 bits per heavy atom. The first kappa shape index (κ1) is 14.0. The zero-order valence-corrected chi connectivity index (χ0v) is 11.0. The topological polar surface area (TPSA) is 68.4 Å². The van der Waals surface area contributed by atoms with Crippen LogP contribution in [0.3, 0.4) is 0 Å². The molecule has 17 heavy (non-hydrogen) atoms. The normalized spacial score (nSPS) is 14.7. The average molecular weight is 260 g/mol. The van der Waals surface area contributed by atoms with Crippen LogP contribution in [0.4, 0.5) is 0 Å². The predicted molar refractivity (Wildman–Crippen MR) is 67.3 cm³/mol. The lowest BCUT2D eigenvalue weighted by Crippen LogP contribution is -2.47. The van der Waals surface area contributed by atoms with Gasteiger partial charge in [-0.15, -0.1) is 0 Å². The van der Waals surface area contributed by atoms with E-state index in [9.17, 15) is 9.90 Å². The van der Waals surface area contributed by atoms with E-state index in [0.29, 0.717) is 17.3 Å². The third kappa shape index (κ3) is 4.77. The quantitative estimate of drug-likeness (QED) is 0.730. The molecule has 0 aromatic carbocycles. The molecule has 5 nitrogen and oxygen atoms in total. The van der Waals surface area contributed by atoms with Gasteiger partial charge in [0.2, 0.25) is 0 Å². The van der Waals surface area contributed by atoms with Crippen LogP contribution in [0, 0.1) is 0 Å². The number of carbonyl (C=O) groups is 1.